The van der Waals surface area contributed by atoms with Gasteiger partial charge in [0, 0.05) is 18.0 Å². The first-order valence-electron chi connectivity index (χ1n) is 12.0. The highest BCUT2D eigenvalue weighted by Gasteiger charge is 2.52. The first-order chi connectivity index (χ1) is 14.0. The molecule has 2 aliphatic carbocycles. The number of fused-ring (bicyclic) bond motifs is 2. The van der Waals surface area contributed by atoms with Crippen molar-refractivity contribution < 1.29 is 4.79 Å². The molecule has 4 rings (SSSR count). The molecule has 2 N–H and O–H groups in total. The summed E-state index contributed by atoms with van der Waals surface area (Å²) in [6, 6.07) is 11.3. The van der Waals surface area contributed by atoms with E-state index in [1.807, 2.05) is 0 Å². The van der Waals surface area contributed by atoms with Crippen molar-refractivity contribution in [1.29, 1.82) is 0 Å². The predicted molar refractivity (Wildman–Crippen MR) is 126 cm³/mol. The largest absolute Gasteiger partial charge is 0.327 e. The highest BCUT2D eigenvalue weighted by Crippen LogP contribution is 2.59. The van der Waals surface area contributed by atoms with Crippen LogP contribution in [0.15, 0.2) is 30.3 Å². The normalized spacial score (nSPS) is 40.8. The van der Waals surface area contributed by atoms with Gasteiger partial charge in [-0.2, -0.15) is 0 Å². The maximum absolute atomic E-state index is 11.7. The molecule has 0 amide bonds. The Hall–Kier alpha value is -1.19. The van der Waals surface area contributed by atoms with E-state index in [0.717, 1.165) is 44.2 Å². The molecule has 2 saturated carbocycles. The van der Waals surface area contributed by atoms with E-state index in [1.165, 1.54) is 24.7 Å². The number of rotatable bonds is 2. The van der Waals surface area contributed by atoms with Gasteiger partial charge in [0.2, 0.25) is 0 Å². The summed E-state index contributed by atoms with van der Waals surface area (Å²) < 4.78 is 0. The third-order valence-electron chi connectivity index (χ3n) is 8.65. The summed E-state index contributed by atoms with van der Waals surface area (Å²) in [6.45, 7) is 13.7. The lowest BCUT2D eigenvalue weighted by Crippen LogP contribution is -2.51. The summed E-state index contributed by atoms with van der Waals surface area (Å²) >= 11 is 0. The highest BCUT2D eigenvalue weighted by atomic mass is 16.1. The molecule has 6 atom stereocenters. The zero-order valence-electron chi connectivity index (χ0n) is 20.2. The molecule has 30 heavy (non-hydrogen) atoms. The maximum atomic E-state index is 11.7. The van der Waals surface area contributed by atoms with Crippen LogP contribution in [-0.4, -0.2) is 37.4 Å². The molecule has 1 aromatic rings. The number of carbonyl (C=O) groups is 1. The SMILES string of the molecule is CC1CC2(c3ccccc3)CC(CC(C)(C=O)C2)C1C.CN1CCC(N)C(C)(C)C1. The minimum absolute atomic E-state index is 0.132. The number of piperidine rings is 1. The number of hydrogen-bond acceptors (Lipinski definition) is 3. The highest BCUT2D eigenvalue weighted by molar-refractivity contribution is 5.60. The Bertz CT molecular complexity index is 713. The second kappa shape index (κ2) is 8.74. The van der Waals surface area contributed by atoms with E-state index in [9.17, 15) is 4.79 Å². The summed E-state index contributed by atoms with van der Waals surface area (Å²) in [4.78, 5) is 14.0. The molecule has 3 heteroatoms. The number of nitrogens with zero attached hydrogens (tertiary/aromatic N) is 1. The van der Waals surface area contributed by atoms with Crippen LogP contribution in [0.5, 0.6) is 0 Å². The average Bonchev–Trinajstić information content (AvgIpc) is 2.70. The van der Waals surface area contributed by atoms with Crippen molar-refractivity contribution in [3.05, 3.63) is 35.9 Å². The smallest absolute Gasteiger partial charge is 0.125 e. The summed E-state index contributed by atoms with van der Waals surface area (Å²) in [5, 5.41) is 0. The Morgan fingerprint density at radius 2 is 1.73 bits per heavy atom. The molecule has 1 heterocycles. The van der Waals surface area contributed by atoms with E-state index < -0.39 is 0 Å². The monoisotopic (exact) mass is 412 g/mol. The van der Waals surface area contributed by atoms with Crippen LogP contribution in [0.2, 0.25) is 0 Å². The van der Waals surface area contributed by atoms with E-state index >= 15 is 0 Å². The number of likely N-dealkylation sites (tertiary alicyclic amines) is 1. The molecule has 3 nitrogen and oxygen atoms in total. The second-order valence-corrected chi connectivity index (χ2v) is 11.9. The van der Waals surface area contributed by atoms with Crippen LogP contribution in [-0.2, 0) is 10.2 Å². The standard InChI is InChI=1S/C19H26O.C8H18N2/c1-14-9-19(17-7-5-4-6-8-17)11-16(15(14)2)10-18(3,12-19)13-20;1-8(2)6-10(3)5-4-7(8)9/h4-8,13-16H,9-12H2,1-3H3;7H,4-6,9H2,1-3H3. The first-order valence-corrected chi connectivity index (χ1v) is 12.0. The predicted octanol–water partition coefficient (Wildman–Crippen LogP) is 5.28. The molecule has 0 spiro atoms. The fourth-order valence-corrected chi connectivity index (χ4v) is 6.75. The van der Waals surface area contributed by atoms with Crippen LogP contribution < -0.4 is 5.73 Å². The number of nitrogens with two attached hydrogens (primary N) is 1. The molecule has 1 aromatic carbocycles. The van der Waals surface area contributed by atoms with E-state index in [2.05, 4.69) is 76.9 Å². The second-order valence-electron chi connectivity index (χ2n) is 11.9. The van der Waals surface area contributed by atoms with Gasteiger partial charge in [-0.1, -0.05) is 65.0 Å². The van der Waals surface area contributed by atoms with Gasteiger partial charge in [-0.3, -0.25) is 0 Å². The maximum Gasteiger partial charge on any atom is 0.125 e. The fourth-order valence-electron chi connectivity index (χ4n) is 6.75. The number of hydrogen-bond donors (Lipinski definition) is 1. The minimum atomic E-state index is -0.132. The van der Waals surface area contributed by atoms with Crippen LogP contribution in [0, 0.1) is 28.6 Å². The van der Waals surface area contributed by atoms with Gasteiger partial charge in [-0.05, 0) is 79.8 Å². The quantitative estimate of drug-likeness (QED) is 0.672. The zero-order chi connectivity index (χ0) is 22.2. The average molecular weight is 413 g/mol. The number of aldehydes is 1. The summed E-state index contributed by atoms with van der Waals surface area (Å²) in [7, 11) is 2.16. The molecule has 0 aromatic heterocycles. The van der Waals surface area contributed by atoms with Crippen molar-refractivity contribution in [2.24, 2.45) is 34.3 Å². The van der Waals surface area contributed by atoms with Crippen molar-refractivity contribution in [2.45, 2.75) is 78.2 Å². The van der Waals surface area contributed by atoms with Gasteiger partial charge in [0.1, 0.15) is 6.29 Å². The lowest BCUT2D eigenvalue weighted by Gasteiger charge is -2.56. The Balaban J connectivity index is 0.000000216. The third kappa shape index (κ3) is 4.83. The molecule has 1 aliphatic heterocycles. The number of benzene rings is 1. The lowest BCUT2D eigenvalue weighted by atomic mass is 9.48. The fraction of sp³-hybridized carbons (Fsp3) is 0.741. The topological polar surface area (TPSA) is 46.3 Å². The van der Waals surface area contributed by atoms with Crippen LogP contribution in [0.4, 0.5) is 0 Å². The Labute approximate surface area is 184 Å². The first kappa shape index (κ1) is 23.5. The van der Waals surface area contributed by atoms with Gasteiger partial charge in [0.25, 0.3) is 0 Å². The molecule has 1 saturated heterocycles. The van der Waals surface area contributed by atoms with Gasteiger partial charge in [0.05, 0.1) is 0 Å². The minimum Gasteiger partial charge on any atom is -0.327 e. The van der Waals surface area contributed by atoms with Gasteiger partial charge < -0.3 is 15.4 Å². The molecule has 3 fully saturated rings. The Morgan fingerprint density at radius 1 is 1.07 bits per heavy atom. The molecular formula is C27H44N2O. The van der Waals surface area contributed by atoms with Crippen LogP contribution >= 0.6 is 0 Å². The molecule has 3 aliphatic rings. The van der Waals surface area contributed by atoms with Crippen molar-refractivity contribution >= 4 is 6.29 Å². The van der Waals surface area contributed by atoms with E-state index in [-0.39, 0.29) is 10.8 Å². The molecule has 2 bridgehead atoms. The van der Waals surface area contributed by atoms with Crippen molar-refractivity contribution in [3.63, 3.8) is 0 Å². The lowest BCUT2D eigenvalue weighted by molar-refractivity contribution is -0.122. The van der Waals surface area contributed by atoms with Gasteiger partial charge in [-0.25, -0.2) is 0 Å². The summed E-state index contributed by atoms with van der Waals surface area (Å²) in [6.07, 6.45) is 6.99. The molecule has 6 unspecified atom stereocenters. The molecular weight excluding hydrogens is 368 g/mol. The van der Waals surface area contributed by atoms with E-state index in [0.29, 0.717) is 17.4 Å². The Morgan fingerprint density at radius 3 is 2.30 bits per heavy atom. The third-order valence-corrected chi connectivity index (χ3v) is 8.65. The Kier molecular flexibility index (Phi) is 6.84. The molecule has 168 valence electrons. The van der Waals surface area contributed by atoms with Crippen molar-refractivity contribution in [3.8, 4) is 0 Å². The van der Waals surface area contributed by atoms with Crippen molar-refractivity contribution in [2.75, 3.05) is 20.1 Å². The van der Waals surface area contributed by atoms with E-state index in [4.69, 9.17) is 5.73 Å². The summed E-state index contributed by atoms with van der Waals surface area (Å²) in [5.41, 5.74) is 7.81. The van der Waals surface area contributed by atoms with Gasteiger partial charge in [0.15, 0.2) is 0 Å². The van der Waals surface area contributed by atoms with Crippen molar-refractivity contribution in [1.82, 2.24) is 4.90 Å². The number of carbonyl (C=O) groups excluding carboxylic acids is 1. The molecule has 0 radical (unpaired) electrons. The van der Waals surface area contributed by atoms with Crippen LogP contribution in [0.1, 0.15) is 72.3 Å². The van der Waals surface area contributed by atoms with Gasteiger partial charge >= 0.3 is 0 Å². The van der Waals surface area contributed by atoms with Crippen LogP contribution in [0.3, 0.4) is 0 Å². The zero-order valence-corrected chi connectivity index (χ0v) is 20.2. The van der Waals surface area contributed by atoms with E-state index in [1.54, 1.807) is 0 Å². The van der Waals surface area contributed by atoms with Crippen LogP contribution in [0.25, 0.3) is 0 Å². The summed E-state index contributed by atoms with van der Waals surface area (Å²) in [5.74, 6) is 2.19. The van der Waals surface area contributed by atoms with Gasteiger partial charge in [-0.15, -0.1) is 0 Å².